The van der Waals surface area contributed by atoms with Crippen molar-refractivity contribution in [2.24, 2.45) is 5.92 Å². The van der Waals surface area contributed by atoms with Crippen LogP contribution < -0.4 is 10.1 Å². The Labute approximate surface area is 158 Å². The lowest BCUT2D eigenvalue weighted by molar-refractivity contribution is 0.0217. The Morgan fingerprint density at radius 1 is 1.19 bits per heavy atom. The van der Waals surface area contributed by atoms with E-state index in [9.17, 15) is 4.79 Å². The first-order valence-electron chi connectivity index (χ1n) is 9.03. The van der Waals surface area contributed by atoms with E-state index in [-0.39, 0.29) is 11.9 Å². The Morgan fingerprint density at radius 3 is 2.58 bits per heavy atom. The third-order valence-corrected chi connectivity index (χ3v) is 5.71. The lowest BCUT2D eigenvalue weighted by atomic mass is 9.79. The number of pyridine rings is 1. The zero-order valence-corrected chi connectivity index (χ0v) is 15.4. The molecular weight excluding hydrogens is 350 g/mol. The Bertz CT molecular complexity index is 786. The molecule has 1 amide bonds. The van der Waals surface area contributed by atoms with Crippen LogP contribution in [0.25, 0.3) is 0 Å². The standard InChI is InChI=1S/C20H22ClN3O2/c1-13-19(14-6-8-24(13)9-7-14)23-20(25)15-2-4-17(5-3-15)26-18-10-16(21)11-22-12-18/h2-5,10-14,19H,6-9H2,1H3,(H,23,25)/t13-,19-/m0/s1. The van der Waals surface area contributed by atoms with Crippen LogP contribution in [-0.4, -0.2) is 41.0 Å². The first kappa shape index (κ1) is 17.3. The molecule has 6 heteroatoms. The molecule has 1 aromatic carbocycles. The van der Waals surface area contributed by atoms with Crippen LogP contribution in [0.2, 0.25) is 5.02 Å². The summed E-state index contributed by atoms with van der Waals surface area (Å²) in [7, 11) is 0. The second-order valence-corrected chi connectivity index (χ2v) is 7.51. The van der Waals surface area contributed by atoms with Gasteiger partial charge in [0.15, 0.2) is 0 Å². The van der Waals surface area contributed by atoms with E-state index in [1.165, 1.54) is 12.8 Å². The van der Waals surface area contributed by atoms with Crippen molar-refractivity contribution in [2.75, 3.05) is 13.1 Å². The van der Waals surface area contributed by atoms with Gasteiger partial charge < -0.3 is 10.1 Å². The normalized spacial score (nSPS) is 27.2. The van der Waals surface area contributed by atoms with E-state index in [0.717, 1.165) is 13.1 Å². The van der Waals surface area contributed by atoms with Gasteiger partial charge in [-0.2, -0.15) is 0 Å². The Kier molecular flexibility index (Phi) is 4.83. The second-order valence-electron chi connectivity index (χ2n) is 7.08. The molecule has 3 aliphatic heterocycles. The van der Waals surface area contributed by atoms with E-state index in [2.05, 4.69) is 22.1 Å². The minimum Gasteiger partial charge on any atom is -0.456 e. The molecule has 26 heavy (non-hydrogen) atoms. The molecule has 4 heterocycles. The van der Waals surface area contributed by atoms with Crippen LogP contribution in [0.15, 0.2) is 42.7 Å². The van der Waals surface area contributed by atoms with E-state index in [0.29, 0.717) is 34.0 Å². The van der Waals surface area contributed by atoms with Crippen molar-refractivity contribution in [3.05, 3.63) is 53.3 Å². The number of carbonyl (C=O) groups excluding carboxylic acids is 1. The third-order valence-electron chi connectivity index (χ3n) is 5.51. The van der Waals surface area contributed by atoms with Crippen molar-refractivity contribution >= 4 is 17.5 Å². The maximum absolute atomic E-state index is 12.7. The molecule has 2 bridgehead atoms. The summed E-state index contributed by atoms with van der Waals surface area (Å²) in [6, 6.07) is 9.49. The van der Waals surface area contributed by atoms with E-state index in [4.69, 9.17) is 16.3 Å². The second kappa shape index (κ2) is 7.25. The molecule has 0 spiro atoms. The highest BCUT2D eigenvalue weighted by Crippen LogP contribution is 2.32. The number of amides is 1. The molecule has 5 nitrogen and oxygen atoms in total. The fraction of sp³-hybridized carbons (Fsp3) is 0.400. The molecule has 136 valence electrons. The molecule has 3 saturated heterocycles. The highest BCUT2D eigenvalue weighted by molar-refractivity contribution is 6.30. The molecule has 1 aromatic heterocycles. The predicted octanol–water partition coefficient (Wildman–Crippen LogP) is 3.74. The molecule has 3 fully saturated rings. The summed E-state index contributed by atoms with van der Waals surface area (Å²) >= 11 is 5.91. The minimum atomic E-state index is -0.0217. The molecule has 2 atom stereocenters. The van der Waals surface area contributed by atoms with Gasteiger partial charge in [0.25, 0.3) is 5.91 Å². The van der Waals surface area contributed by atoms with Gasteiger partial charge in [0.1, 0.15) is 11.5 Å². The first-order valence-corrected chi connectivity index (χ1v) is 9.41. The van der Waals surface area contributed by atoms with Crippen molar-refractivity contribution in [1.82, 2.24) is 15.2 Å². The van der Waals surface area contributed by atoms with Gasteiger partial charge in [0.05, 0.1) is 11.2 Å². The van der Waals surface area contributed by atoms with Gasteiger partial charge in [0, 0.05) is 29.9 Å². The number of nitrogens with zero attached hydrogens (tertiary/aromatic N) is 2. The zero-order valence-electron chi connectivity index (χ0n) is 14.7. The van der Waals surface area contributed by atoms with Crippen molar-refractivity contribution in [1.29, 1.82) is 0 Å². The first-order chi connectivity index (χ1) is 12.6. The van der Waals surface area contributed by atoms with E-state index in [1.807, 2.05) is 0 Å². The molecule has 0 aliphatic carbocycles. The number of piperidine rings is 3. The number of halogens is 1. The fourth-order valence-corrected chi connectivity index (χ4v) is 4.20. The molecule has 0 radical (unpaired) electrons. The number of aromatic nitrogens is 1. The monoisotopic (exact) mass is 371 g/mol. The summed E-state index contributed by atoms with van der Waals surface area (Å²) in [4.78, 5) is 19.1. The summed E-state index contributed by atoms with van der Waals surface area (Å²) < 4.78 is 5.72. The summed E-state index contributed by atoms with van der Waals surface area (Å²) in [5.41, 5.74) is 0.644. The number of rotatable bonds is 4. The number of ether oxygens (including phenoxy) is 1. The largest absolute Gasteiger partial charge is 0.456 e. The number of hydrogen-bond acceptors (Lipinski definition) is 4. The maximum atomic E-state index is 12.7. The van der Waals surface area contributed by atoms with Gasteiger partial charge in [0.2, 0.25) is 0 Å². The van der Waals surface area contributed by atoms with Gasteiger partial charge in [-0.25, -0.2) is 0 Å². The number of carbonyl (C=O) groups is 1. The smallest absolute Gasteiger partial charge is 0.251 e. The Balaban J connectivity index is 1.41. The Hall–Kier alpha value is -2.11. The summed E-state index contributed by atoms with van der Waals surface area (Å²) in [5.74, 6) is 1.78. The molecule has 1 N–H and O–H groups in total. The summed E-state index contributed by atoms with van der Waals surface area (Å²) in [5, 5.41) is 3.76. The molecular formula is C20H22ClN3O2. The van der Waals surface area contributed by atoms with Crippen LogP contribution in [0.5, 0.6) is 11.5 Å². The lowest BCUT2D eigenvalue weighted by Crippen LogP contribution is -2.62. The van der Waals surface area contributed by atoms with Crippen LogP contribution in [0.1, 0.15) is 30.1 Å². The molecule has 3 aliphatic rings. The topological polar surface area (TPSA) is 54.5 Å². The number of hydrogen-bond donors (Lipinski definition) is 1. The molecule has 0 unspecified atom stereocenters. The quantitative estimate of drug-likeness (QED) is 0.889. The van der Waals surface area contributed by atoms with Crippen molar-refractivity contribution in [2.45, 2.75) is 31.8 Å². The summed E-state index contributed by atoms with van der Waals surface area (Å²) in [6.07, 6.45) is 5.50. The van der Waals surface area contributed by atoms with Crippen LogP contribution in [-0.2, 0) is 0 Å². The average molecular weight is 372 g/mol. The van der Waals surface area contributed by atoms with Gasteiger partial charge in [-0.05, 0) is 63.0 Å². The predicted molar refractivity (Wildman–Crippen MR) is 101 cm³/mol. The van der Waals surface area contributed by atoms with E-state index in [1.54, 1.807) is 42.7 Å². The van der Waals surface area contributed by atoms with Gasteiger partial charge in [-0.1, -0.05) is 11.6 Å². The van der Waals surface area contributed by atoms with Crippen LogP contribution in [0, 0.1) is 5.92 Å². The van der Waals surface area contributed by atoms with E-state index >= 15 is 0 Å². The molecule has 2 aromatic rings. The van der Waals surface area contributed by atoms with Crippen molar-refractivity contribution < 1.29 is 9.53 Å². The van der Waals surface area contributed by atoms with Gasteiger partial charge >= 0.3 is 0 Å². The van der Waals surface area contributed by atoms with E-state index < -0.39 is 0 Å². The highest BCUT2D eigenvalue weighted by atomic mass is 35.5. The maximum Gasteiger partial charge on any atom is 0.251 e. The van der Waals surface area contributed by atoms with Crippen LogP contribution >= 0.6 is 11.6 Å². The number of nitrogens with one attached hydrogen (secondary N) is 1. The van der Waals surface area contributed by atoms with Gasteiger partial charge in [-0.3, -0.25) is 14.7 Å². The average Bonchev–Trinajstić information content (AvgIpc) is 2.65. The highest BCUT2D eigenvalue weighted by Gasteiger charge is 2.40. The summed E-state index contributed by atoms with van der Waals surface area (Å²) in [6.45, 7) is 4.53. The molecule has 5 rings (SSSR count). The number of benzene rings is 1. The van der Waals surface area contributed by atoms with Gasteiger partial charge in [-0.15, -0.1) is 0 Å². The molecule has 0 saturated carbocycles. The fourth-order valence-electron chi connectivity index (χ4n) is 4.04. The Morgan fingerprint density at radius 2 is 1.92 bits per heavy atom. The SMILES string of the molecule is C[C@H]1[C@H](NC(=O)c2ccc(Oc3cncc(Cl)c3)cc2)C2CCN1CC2. The lowest BCUT2D eigenvalue weighted by Gasteiger charge is -2.49. The van der Waals surface area contributed by atoms with Crippen molar-refractivity contribution in [3.8, 4) is 11.5 Å². The minimum absolute atomic E-state index is 0.0217. The van der Waals surface area contributed by atoms with Crippen molar-refractivity contribution in [3.63, 3.8) is 0 Å². The van der Waals surface area contributed by atoms with Crippen LogP contribution in [0.4, 0.5) is 0 Å². The number of fused-ring (bicyclic) bond motifs is 3. The van der Waals surface area contributed by atoms with Crippen LogP contribution in [0.3, 0.4) is 0 Å². The zero-order chi connectivity index (χ0) is 18.1. The third kappa shape index (κ3) is 3.55.